The fourth-order valence-electron chi connectivity index (χ4n) is 2.06. The molecule has 1 saturated carbocycles. The molecule has 0 radical (unpaired) electrons. The molecule has 84 valence electrons. The maximum absolute atomic E-state index is 11.2. The van der Waals surface area contributed by atoms with E-state index in [1.165, 1.54) is 19.3 Å². The lowest BCUT2D eigenvalue weighted by Crippen LogP contribution is -2.35. The topological polar surface area (TPSA) is 41.1 Å². The van der Waals surface area contributed by atoms with Gasteiger partial charge in [0.15, 0.2) is 0 Å². The molecular weight excluding hydrogens is 188 g/mol. The minimum atomic E-state index is 0.0334. The van der Waals surface area contributed by atoms with Crippen molar-refractivity contribution < 1.29 is 4.79 Å². The molecular formula is C12H20N2O. The molecule has 2 N–H and O–H groups in total. The number of hydrogen-bond donors (Lipinski definition) is 2. The maximum atomic E-state index is 11.2. The summed E-state index contributed by atoms with van der Waals surface area (Å²) in [6.45, 7) is 3.35. The Balaban J connectivity index is 2.05. The van der Waals surface area contributed by atoms with Gasteiger partial charge in [0.25, 0.3) is 0 Å². The quantitative estimate of drug-likeness (QED) is 0.659. The number of rotatable bonds is 5. The molecule has 15 heavy (non-hydrogen) atoms. The zero-order chi connectivity index (χ0) is 11.1. The molecule has 0 spiro atoms. The summed E-state index contributed by atoms with van der Waals surface area (Å²) in [5.74, 6) is 3.17. The Morgan fingerprint density at radius 3 is 2.93 bits per heavy atom. The molecule has 1 aliphatic carbocycles. The van der Waals surface area contributed by atoms with E-state index >= 15 is 0 Å². The van der Waals surface area contributed by atoms with Crippen LogP contribution in [0, 0.1) is 18.3 Å². The van der Waals surface area contributed by atoms with Gasteiger partial charge in [-0.3, -0.25) is 4.79 Å². The second-order valence-electron chi connectivity index (χ2n) is 4.20. The maximum Gasteiger partial charge on any atom is 0.222 e. The van der Waals surface area contributed by atoms with Crippen LogP contribution in [-0.2, 0) is 4.79 Å². The van der Waals surface area contributed by atoms with Crippen LogP contribution in [-0.4, -0.2) is 25.0 Å². The van der Waals surface area contributed by atoms with Crippen molar-refractivity contribution in [3.8, 4) is 12.3 Å². The van der Waals surface area contributed by atoms with Crippen LogP contribution in [0.4, 0.5) is 0 Å². The molecule has 2 atom stereocenters. The molecule has 3 heteroatoms. The van der Waals surface area contributed by atoms with E-state index in [0.29, 0.717) is 19.0 Å². The van der Waals surface area contributed by atoms with Crippen molar-refractivity contribution in [2.45, 2.75) is 38.6 Å². The van der Waals surface area contributed by atoms with Crippen molar-refractivity contribution in [3.63, 3.8) is 0 Å². The minimum absolute atomic E-state index is 0.0334. The van der Waals surface area contributed by atoms with E-state index in [4.69, 9.17) is 6.42 Å². The summed E-state index contributed by atoms with van der Waals surface area (Å²) >= 11 is 0. The number of nitrogens with one attached hydrogen (secondary N) is 2. The number of amides is 1. The third-order valence-electron chi connectivity index (χ3n) is 3.01. The highest BCUT2D eigenvalue weighted by Crippen LogP contribution is 2.24. The average molecular weight is 208 g/mol. The number of hydrogen-bond acceptors (Lipinski definition) is 2. The van der Waals surface area contributed by atoms with E-state index in [0.717, 1.165) is 12.5 Å². The highest BCUT2D eigenvalue weighted by atomic mass is 16.1. The van der Waals surface area contributed by atoms with Gasteiger partial charge >= 0.3 is 0 Å². The molecule has 1 amide bonds. The van der Waals surface area contributed by atoms with Gasteiger partial charge < -0.3 is 10.6 Å². The van der Waals surface area contributed by atoms with Gasteiger partial charge in [0.2, 0.25) is 5.91 Å². The average Bonchev–Trinajstić information content (AvgIpc) is 2.61. The molecule has 0 aromatic heterocycles. The largest absolute Gasteiger partial charge is 0.345 e. The predicted octanol–water partition coefficient (Wildman–Crippen LogP) is 0.904. The standard InChI is InChI=1S/C12H20N2O/c1-3-8-14-12(15)7-9-13-11-6-4-5-10(11)2/h1,10-11,13H,4-9H2,2H3,(H,14,15). The predicted molar refractivity (Wildman–Crippen MR) is 61.3 cm³/mol. The number of terminal acetylenes is 1. The van der Waals surface area contributed by atoms with Crippen LogP contribution in [0.1, 0.15) is 32.6 Å². The summed E-state index contributed by atoms with van der Waals surface area (Å²) in [6, 6.07) is 0.602. The summed E-state index contributed by atoms with van der Waals surface area (Å²) in [7, 11) is 0. The summed E-state index contributed by atoms with van der Waals surface area (Å²) < 4.78 is 0. The van der Waals surface area contributed by atoms with Crippen molar-refractivity contribution in [3.05, 3.63) is 0 Å². The molecule has 1 fully saturated rings. The number of carbonyl (C=O) groups excluding carboxylic acids is 1. The smallest absolute Gasteiger partial charge is 0.222 e. The van der Waals surface area contributed by atoms with Crippen LogP contribution in [0.15, 0.2) is 0 Å². The van der Waals surface area contributed by atoms with Gasteiger partial charge in [-0.25, -0.2) is 0 Å². The first-order valence-corrected chi connectivity index (χ1v) is 5.67. The highest BCUT2D eigenvalue weighted by molar-refractivity contribution is 5.76. The van der Waals surface area contributed by atoms with Gasteiger partial charge in [-0.05, 0) is 18.8 Å². The second kappa shape index (κ2) is 6.47. The van der Waals surface area contributed by atoms with Crippen LogP contribution in [0.25, 0.3) is 0 Å². The first-order chi connectivity index (χ1) is 7.24. The number of carbonyl (C=O) groups is 1. The van der Waals surface area contributed by atoms with Gasteiger partial charge in [-0.1, -0.05) is 19.3 Å². The van der Waals surface area contributed by atoms with Gasteiger partial charge in [0.05, 0.1) is 6.54 Å². The van der Waals surface area contributed by atoms with Crippen LogP contribution in [0.2, 0.25) is 0 Å². The van der Waals surface area contributed by atoms with Gasteiger partial charge in [-0.2, -0.15) is 0 Å². The zero-order valence-corrected chi connectivity index (χ0v) is 9.38. The Labute approximate surface area is 92.0 Å². The van der Waals surface area contributed by atoms with E-state index in [1.807, 2.05) is 0 Å². The summed E-state index contributed by atoms with van der Waals surface area (Å²) in [6.07, 6.45) is 9.42. The van der Waals surface area contributed by atoms with Crippen molar-refractivity contribution in [2.75, 3.05) is 13.1 Å². The normalized spacial score (nSPS) is 24.8. The van der Waals surface area contributed by atoms with E-state index < -0.39 is 0 Å². The third kappa shape index (κ3) is 4.35. The Bertz CT molecular complexity index is 244. The Morgan fingerprint density at radius 1 is 1.53 bits per heavy atom. The van der Waals surface area contributed by atoms with E-state index in [9.17, 15) is 4.79 Å². The molecule has 1 rings (SSSR count). The van der Waals surface area contributed by atoms with E-state index in [1.54, 1.807) is 0 Å². The molecule has 0 aromatic carbocycles. The van der Waals surface area contributed by atoms with Crippen molar-refractivity contribution in [1.29, 1.82) is 0 Å². The lowest BCUT2D eigenvalue weighted by molar-refractivity contribution is -0.120. The van der Waals surface area contributed by atoms with Crippen molar-refractivity contribution >= 4 is 5.91 Å². The monoisotopic (exact) mass is 208 g/mol. The Hall–Kier alpha value is -1.01. The molecule has 2 unspecified atom stereocenters. The molecule has 0 heterocycles. The minimum Gasteiger partial charge on any atom is -0.345 e. The molecule has 0 bridgehead atoms. The van der Waals surface area contributed by atoms with Crippen molar-refractivity contribution in [1.82, 2.24) is 10.6 Å². The first-order valence-electron chi connectivity index (χ1n) is 5.67. The highest BCUT2D eigenvalue weighted by Gasteiger charge is 2.22. The summed E-state index contributed by atoms with van der Waals surface area (Å²) in [5.41, 5.74) is 0. The lowest BCUT2D eigenvalue weighted by atomic mass is 10.1. The SMILES string of the molecule is C#CCNC(=O)CCNC1CCCC1C. The van der Waals surface area contributed by atoms with Crippen LogP contribution in [0.3, 0.4) is 0 Å². The van der Waals surface area contributed by atoms with Crippen LogP contribution < -0.4 is 10.6 Å². The Morgan fingerprint density at radius 2 is 2.33 bits per heavy atom. The summed E-state index contributed by atoms with van der Waals surface area (Å²) in [5, 5.41) is 6.08. The fourth-order valence-corrected chi connectivity index (χ4v) is 2.06. The van der Waals surface area contributed by atoms with Crippen LogP contribution in [0.5, 0.6) is 0 Å². The fraction of sp³-hybridized carbons (Fsp3) is 0.750. The Kier molecular flexibility index (Phi) is 5.20. The van der Waals surface area contributed by atoms with Crippen molar-refractivity contribution in [2.24, 2.45) is 5.92 Å². The van der Waals surface area contributed by atoms with E-state index in [2.05, 4.69) is 23.5 Å². The van der Waals surface area contributed by atoms with E-state index in [-0.39, 0.29) is 5.91 Å². The summed E-state index contributed by atoms with van der Waals surface area (Å²) in [4.78, 5) is 11.2. The van der Waals surface area contributed by atoms with Gasteiger partial charge in [-0.15, -0.1) is 6.42 Å². The first kappa shape index (κ1) is 12.1. The van der Waals surface area contributed by atoms with Gasteiger partial charge in [0.1, 0.15) is 0 Å². The second-order valence-corrected chi connectivity index (χ2v) is 4.20. The molecule has 1 aliphatic rings. The molecule has 0 aromatic rings. The molecule has 0 aliphatic heterocycles. The molecule has 3 nitrogen and oxygen atoms in total. The lowest BCUT2D eigenvalue weighted by Gasteiger charge is -2.16. The van der Waals surface area contributed by atoms with Crippen LogP contribution >= 0.6 is 0 Å². The third-order valence-corrected chi connectivity index (χ3v) is 3.01. The zero-order valence-electron chi connectivity index (χ0n) is 9.38. The van der Waals surface area contributed by atoms with Gasteiger partial charge in [0, 0.05) is 19.0 Å². The molecule has 0 saturated heterocycles.